The largest absolute Gasteiger partial charge is 0.351 e. The molecule has 182 valence electrons. The summed E-state index contributed by atoms with van der Waals surface area (Å²) in [6, 6.07) is 7.04. The number of nitrogens with one attached hydrogen (secondary N) is 3. The molecule has 34 heavy (non-hydrogen) atoms. The number of aromatic amines is 1. The lowest BCUT2D eigenvalue weighted by atomic mass is 9.90. The van der Waals surface area contributed by atoms with Crippen LogP contribution in [-0.2, 0) is 13.1 Å². The Morgan fingerprint density at radius 2 is 1.74 bits per heavy atom. The Morgan fingerprint density at radius 1 is 1.06 bits per heavy atom. The topological polar surface area (TPSA) is 93.4 Å². The van der Waals surface area contributed by atoms with Gasteiger partial charge in [0.15, 0.2) is 5.01 Å². The number of hydrogen-bond acceptors (Lipinski definition) is 6. The summed E-state index contributed by atoms with van der Waals surface area (Å²) < 4.78 is 0. The summed E-state index contributed by atoms with van der Waals surface area (Å²) in [7, 11) is 4.04. The van der Waals surface area contributed by atoms with Crippen LogP contribution in [0.4, 0.5) is 0 Å². The van der Waals surface area contributed by atoms with Gasteiger partial charge < -0.3 is 15.6 Å². The van der Waals surface area contributed by atoms with Gasteiger partial charge in [0.25, 0.3) is 11.8 Å². The van der Waals surface area contributed by atoms with E-state index in [9.17, 15) is 9.59 Å². The van der Waals surface area contributed by atoms with Gasteiger partial charge in [0.2, 0.25) is 0 Å². The molecule has 1 aromatic carbocycles. The molecule has 0 bridgehead atoms. The summed E-state index contributed by atoms with van der Waals surface area (Å²) in [4.78, 5) is 34.9. The standard InChI is InChI=1S/C23H27ClN6O2S.ClH/c1-29-11-19-20(12-30(29)2)33-23(28-19)22(32)27-17-6-4-3-5-16(17)26-21(31)18-10-13-9-14(24)7-8-15(13)25-18;/h7-10,16-17,25H,3-6,11-12H2,1-2H3,(H,26,31)(H,27,32);1H/t16-,17+;/m1./s1. The molecule has 2 amide bonds. The maximum Gasteiger partial charge on any atom is 0.280 e. The predicted molar refractivity (Wildman–Crippen MR) is 137 cm³/mol. The molecule has 3 N–H and O–H groups in total. The molecule has 0 saturated heterocycles. The first-order chi connectivity index (χ1) is 15.9. The van der Waals surface area contributed by atoms with Crippen LogP contribution in [0.1, 0.15) is 56.5 Å². The third-order valence-corrected chi connectivity index (χ3v) is 7.85. The minimum atomic E-state index is -0.177. The molecule has 1 aliphatic carbocycles. The van der Waals surface area contributed by atoms with Crippen molar-refractivity contribution in [2.75, 3.05) is 14.1 Å². The summed E-state index contributed by atoms with van der Waals surface area (Å²) in [6.07, 6.45) is 3.69. The first kappa shape index (κ1) is 24.9. The lowest BCUT2D eigenvalue weighted by molar-refractivity contribution is -0.00171. The number of hydrogen-bond donors (Lipinski definition) is 3. The monoisotopic (exact) mass is 522 g/mol. The van der Waals surface area contributed by atoms with Crippen molar-refractivity contribution in [1.82, 2.24) is 30.6 Å². The van der Waals surface area contributed by atoms with Crippen molar-refractivity contribution in [1.29, 1.82) is 0 Å². The van der Waals surface area contributed by atoms with Crippen LogP contribution in [0.25, 0.3) is 10.9 Å². The molecular formula is C23H28Cl2N6O2S. The van der Waals surface area contributed by atoms with Crippen LogP contribution in [0.3, 0.4) is 0 Å². The fourth-order valence-corrected chi connectivity index (χ4v) is 5.77. The van der Waals surface area contributed by atoms with E-state index in [0.717, 1.165) is 53.7 Å². The number of fused-ring (bicyclic) bond motifs is 2. The van der Waals surface area contributed by atoms with Crippen molar-refractivity contribution in [2.45, 2.75) is 50.9 Å². The quantitative estimate of drug-likeness (QED) is 0.482. The van der Waals surface area contributed by atoms with E-state index in [2.05, 4.69) is 30.6 Å². The molecule has 0 spiro atoms. The molecule has 5 rings (SSSR count). The Labute approximate surface area is 213 Å². The van der Waals surface area contributed by atoms with Gasteiger partial charge in [0.05, 0.1) is 12.2 Å². The fourth-order valence-electron chi connectivity index (χ4n) is 4.57. The van der Waals surface area contributed by atoms with Crippen LogP contribution in [0.2, 0.25) is 5.02 Å². The Hall–Kier alpha value is -2.17. The maximum absolute atomic E-state index is 13.0. The van der Waals surface area contributed by atoms with Crippen LogP contribution >= 0.6 is 35.3 Å². The van der Waals surface area contributed by atoms with Crippen molar-refractivity contribution in [3.63, 3.8) is 0 Å². The predicted octanol–water partition coefficient (Wildman–Crippen LogP) is 3.96. The normalized spacial score (nSPS) is 21.0. The van der Waals surface area contributed by atoms with E-state index in [1.807, 2.05) is 26.2 Å². The first-order valence-corrected chi connectivity index (χ1v) is 12.4. The zero-order valence-electron chi connectivity index (χ0n) is 19.1. The highest BCUT2D eigenvalue weighted by molar-refractivity contribution is 7.13. The SMILES string of the molecule is CN1Cc2nc(C(=O)N[C@H]3CCCC[C@H]3NC(=O)c3cc4cc(Cl)ccc4[nH]3)sc2CN1C.Cl. The Kier molecular flexibility index (Phi) is 7.49. The zero-order valence-corrected chi connectivity index (χ0v) is 21.4. The van der Waals surface area contributed by atoms with Gasteiger partial charge in [-0.15, -0.1) is 23.7 Å². The van der Waals surface area contributed by atoms with E-state index >= 15 is 0 Å². The van der Waals surface area contributed by atoms with Crippen LogP contribution < -0.4 is 10.6 Å². The number of halogens is 2. The molecule has 0 unspecified atom stereocenters. The molecule has 1 aliphatic heterocycles. The first-order valence-electron chi connectivity index (χ1n) is 11.2. The third kappa shape index (κ3) is 5.08. The fraction of sp³-hybridized carbons (Fsp3) is 0.435. The molecule has 3 heterocycles. The molecule has 1 fully saturated rings. The van der Waals surface area contributed by atoms with Gasteiger partial charge >= 0.3 is 0 Å². The van der Waals surface area contributed by atoms with Crippen molar-refractivity contribution < 1.29 is 9.59 Å². The number of hydrazine groups is 1. The average molecular weight is 523 g/mol. The summed E-state index contributed by atoms with van der Waals surface area (Å²) in [5, 5.41) is 12.5. The molecule has 2 aliphatic rings. The van der Waals surface area contributed by atoms with Crippen molar-refractivity contribution >= 4 is 58.1 Å². The number of benzene rings is 1. The van der Waals surface area contributed by atoms with Crippen LogP contribution in [0.5, 0.6) is 0 Å². The highest BCUT2D eigenvalue weighted by Crippen LogP contribution is 2.27. The maximum atomic E-state index is 13.0. The number of rotatable bonds is 4. The number of H-pyrrole nitrogens is 1. The molecular weight excluding hydrogens is 495 g/mol. The number of carbonyl (C=O) groups excluding carboxylic acids is 2. The second-order valence-corrected chi connectivity index (χ2v) is 10.4. The van der Waals surface area contributed by atoms with Crippen LogP contribution in [-0.4, -0.2) is 58.0 Å². The van der Waals surface area contributed by atoms with E-state index in [4.69, 9.17) is 11.6 Å². The molecule has 1 saturated carbocycles. The second-order valence-electron chi connectivity index (χ2n) is 8.88. The number of thiazole rings is 1. The highest BCUT2D eigenvalue weighted by atomic mass is 35.5. The van der Waals surface area contributed by atoms with Crippen LogP contribution in [0, 0.1) is 0 Å². The van der Waals surface area contributed by atoms with Crippen LogP contribution in [0.15, 0.2) is 24.3 Å². The Bertz CT molecular complexity index is 1180. The smallest absolute Gasteiger partial charge is 0.280 e. The Balaban J connectivity index is 0.00000274. The van der Waals surface area contributed by atoms with E-state index < -0.39 is 0 Å². The zero-order chi connectivity index (χ0) is 23.1. The van der Waals surface area contributed by atoms with Gasteiger partial charge in [-0.05, 0) is 37.1 Å². The summed E-state index contributed by atoms with van der Waals surface area (Å²) >= 11 is 7.52. The molecule has 11 heteroatoms. The number of nitrogens with zero attached hydrogens (tertiary/aromatic N) is 3. The van der Waals surface area contributed by atoms with Gasteiger partial charge in [-0.2, -0.15) is 0 Å². The number of aromatic nitrogens is 2. The van der Waals surface area contributed by atoms with Gasteiger partial charge in [-0.1, -0.05) is 24.4 Å². The summed E-state index contributed by atoms with van der Waals surface area (Å²) in [5.74, 6) is -0.338. The van der Waals surface area contributed by atoms with E-state index in [1.54, 1.807) is 12.1 Å². The second kappa shape index (κ2) is 10.2. The average Bonchev–Trinajstić information content (AvgIpc) is 3.39. The van der Waals surface area contributed by atoms with Gasteiger partial charge in [-0.25, -0.2) is 15.0 Å². The lowest BCUT2D eigenvalue weighted by Gasteiger charge is -2.32. The molecule has 2 atom stereocenters. The van der Waals surface area contributed by atoms with Gasteiger partial charge in [0, 0.05) is 53.5 Å². The van der Waals surface area contributed by atoms with Crippen molar-refractivity contribution in [3.05, 3.63) is 50.6 Å². The third-order valence-electron chi connectivity index (χ3n) is 6.53. The van der Waals surface area contributed by atoms with Gasteiger partial charge in [0.1, 0.15) is 5.69 Å². The molecule has 3 aromatic rings. The van der Waals surface area contributed by atoms with E-state index in [1.165, 1.54) is 11.3 Å². The lowest BCUT2D eigenvalue weighted by Crippen LogP contribution is -2.53. The van der Waals surface area contributed by atoms with Crippen molar-refractivity contribution in [2.24, 2.45) is 0 Å². The number of amides is 2. The van der Waals surface area contributed by atoms with E-state index in [-0.39, 0.29) is 36.3 Å². The Morgan fingerprint density at radius 3 is 2.47 bits per heavy atom. The van der Waals surface area contributed by atoms with Crippen molar-refractivity contribution in [3.8, 4) is 0 Å². The summed E-state index contributed by atoms with van der Waals surface area (Å²) in [5.41, 5.74) is 2.32. The minimum absolute atomic E-state index is 0. The molecule has 0 radical (unpaired) electrons. The minimum Gasteiger partial charge on any atom is -0.351 e. The van der Waals surface area contributed by atoms with Gasteiger partial charge in [-0.3, -0.25) is 9.59 Å². The molecule has 2 aromatic heterocycles. The van der Waals surface area contributed by atoms with E-state index in [0.29, 0.717) is 22.3 Å². The highest BCUT2D eigenvalue weighted by Gasteiger charge is 2.31. The summed E-state index contributed by atoms with van der Waals surface area (Å²) in [6.45, 7) is 1.46. The number of carbonyl (C=O) groups is 2. The molecule has 8 nitrogen and oxygen atoms in total.